The predicted molar refractivity (Wildman–Crippen MR) is 57.2 cm³/mol. The van der Waals surface area contributed by atoms with Crippen molar-refractivity contribution in [3.05, 3.63) is 23.2 Å². The minimum atomic E-state index is 0.312. The van der Waals surface area contributed by atoms with Crippen LogP contribution in [0.15, 0.2) is 21.1 Å². The van der Waals surface area contributed by atoms with Gasteiger partial charge in [-0.15, -0.1) is 0 Å². The lowest BCUT2D eigenvalue weighted by Gasteiger charge is -1.98. The summed E-state index contributed by atoms with van der Waals surface area (Å²) in [5.74, 6) is 1.96. The van der Waals surface area contributed by atoms with Gasteiger partial charge in [0, 0.05) is 6.54 Å². The molecular weight excluding hydrogens is 230 g/mol. The molecule has 0 radical (unpaired) electrons. The van der Waals surface area contributed by atoms with Gasteiger partial charge in [-0.05, 0) is 36.7 Å². The van der Waals surface area contributed by atoms with Crippen LogP contribution >= 0.6 is 11.6 Å². The van der Waals surface area contributed by atoms with Crippen molar-refractivity contribution in [3.8, 4) is 11.6 Å². The summed E-state index contributed by atoms with van der Waals surface area (Å²) >= 11 is 5.68. The maximum Gasteiger partial charge on any atom is 0.238 e. The van der Waals surface area contributed by atoms with Crippen LogP contribution in [0.1, 0.15) is 18.2 Å². The van der Waals surface area contributed by atoms with Gasteiger partial charge in [0.05, 0.1) is 5.92 Å². The molecule has 0 bridgehead atoms. The van der Waals surface area contributed by atoms with E-state index in [1.807, 2.05) is 0 Å². The lowest BCUT2D eigenvalue weighted by Crippen LogP contribution is -2.08. The highest BCUT2D eigenvalue weighted by molar-refractivity contribution is 6.28. The van der Waals surface area contributed by atoms with Gasteiger partial charge in [0.2, 0.25) is 11.7 Å². The van der Waals surface area contributed by atoms with Crippen molar-refractivity contribution in [1.29, 1.82) is 0 Å². The summed E-state index contributed by atoms with van der Waals surface area (Å²) in [5, 5.41) is 7.45. The van der Waals surface area contributed by atoms with Crippen molar-refractivity contribution in [3.63, 3.8) is 0 Å². The second-order valence-electron chi connectivity index (χ2n) is 3.75. The summed E-state index contributed by atoms with van der Waals surface area (Å²) in [5.41, 5.74) is 0. The van der Waals surface area contributed by atoms with E-state index < -0.39 is 0 Å². The Labute approximate surface area is 96.8 Å². The SMILES string of the molecule is Clc1ccc(-c2noc(C3CCNC3)n2)o1. The molecule has 6 heteroatoms. The van der Waals surface area contributed by atoms with Crippen molar-refractivity contribution in [2.45, 2.75) is 12.3 Å². The molecular formula is C10H10ClN3O2. The van der Waals surface area contributed by atoms with Crippen LogP contribution in [0.4, 0.5) is 0 Å². The Morgan fingerprint density at radius 2 is 2.38 bits per heavy atom. The van der Waals surface area contributed by atoms with Crippen LogP contribution in [-0.2, 0) is 0 Å². The van der Waals surface area contributed by atoms with Gasteiger partial charge in [-0.2, -0.15) is 4.98 Å². The molecule has 0 aromatic carbocycles. The van der Waals surface area contributed by atoms with E-state index >= 15 is 0 Å². The summed E-state index contributed by atoms with van der Waals surface area (Å²) in [4.78, 5) is 4.31. The van der Waals surface area contributed by atoms with Gasteiger partial charge in [-0.1, -0.05) is 5.16 Å². The quantitative estimate of drug-likeness (QED) is 0.869. The molecule has 0 amide bonds. The Morgan fingerprint density at radius 3 is 3.06 bits per heavy atom. The zero-order valence-electron chi connectivity index (χ0n) is 8.44. The minimum absolute atomic E-state index is 0.312. The Morgan fingerprint density at radius 1 is 1.44 bits per heavy atom. The van der Waals surface area contributed by atoms with Gasteiger partial charge in [-0.3, -0.25) is 0 Å². The number of rotatable bonds is 2. The third kappa shape index (κ3) is 1.72. The Balaban J connectivity index is 1.87. The average Bonchev–Trinajstić information content (AvgIpc) is 2.97. The topological polar surface area (TPSA) is 64.1 Å². The van der Waals surface area contributed by atoms with Crippen LogP contribution in [-0.4, -0.2) is 23.2 Å². The first-order chi connectivity index (χ1) is 7.83. The highest BCUT2D eigenvalue weighted by Crippen LogP contribution is 2.26. The highest BCUT2D eigenvalue weighted by Gasteiger charge is 2.23. The predicted octanol–water partition coefficient (Wildman–Crippen LogP) is 2.06. The van der Waals surface area contributed by atoms with Crippen LogP contribution in [0.5, 0.6) is 0 Å². The van der Waals surface area contributed by atoms with E-state index in [-0.39, 0.29) is 0 Å². The normalized spacial score (nSPS) is 20.4. The van der Waals surface area contributed by atoms with Gasteiger partial charge in [0.15, 0.2) is 11.0 Å². The number of hydrogen-bond donors (Lipinski definition) is 1. The maximum atomic E-state index is 5.68. The Bertz CT molecular complexity index is 488. The van der Waals surface area contributed by atoms with Crippen molar-refractivity contribution >= 4 is 11.6 Å². The van der Waals surface area contributed by atoms with E-state index in [0.717, 1.165) is 19.5 Å². The maximum absolute atomic E-state index is 5.68. The Hall–Kier alpha value is -1.33. The standard InChI is InChI=1S/C10H10ClN3O2/c11-8-2-1-7(15-8)9-13-10(16-14-9)6-3-4-12-5-6/h1-2,6,12H,3-5H2. The van der Waals surface area contributed by atoms with E-state index in [1.165, 1.54) is 0 Å². The first kappa shape index (κ1) is 9.86. The zero-order valence-corrected chi connectivity index (χ0v) is 9.20. The average molecular weight is 240 g/mol. The molecule has 1 aliphatic rings. The van der Waals surface area contributed by atoms with Crippen LogP contribution in [0.25, 0.3) is 11.6 Å². The van der Waals surface area contributed by atoms with Crippen LogP contribution in [0.2, 0.25) is 5.22 Å². The monoisotopic (exact) mass is 239 g/mol. The van der Waals surface area contributed by atoms with Gasteiger partial charge < -0.3 is 14.3 Å². The molecule has 0 saturated carbocycles. The fraction of sp³-hybridized carbons (Fsp3) is 0.400. The fourth-order valence-corrected chi connectivity index (χ4v) is 1.95. The van der Waals surface area contributed by atoms with Crippen LogP contribution in [0, 0.1) is 0 Å². The molecule has 1 unspecified atom stereocenters. The van der Waals surface area contributed by atoms with Crippen molar-refractivity contribution in [1.82, 2.24) is 15.5 Å². The van der Waals surface area contributed by atoms with Crippen LogP contribution < -0.4 is 5.32 Å². The lowest BCUT2D eigenvalue weighted by molar-refractivity contribution is 0.358. The molecule has 2 aromatic heterocycles. The second kappa shape index (κ2) is 3.92. The molecule has 16 heavy (non-hydrogen) atoms. The van der Waals surface area contributed by atoms with Gasteiger partial charge in [-0.25, -0.2) is 0 Å². The summed E-state index contributed by atoms with van der Waals surface area (Å²) < 4.78 is 10.4. The third-order valence-corrected chi connectivity index (χ3v) is 2.85. The van der Waals surface area contributed by atoms with Crippen molar-refractivity contribution in [2.24, 2.45) is 0 Å². The number of nitrogens with zero attached hydrogens (tertiary/aromatic N) is 2. The first-order valence-electron chi connectivity index (χ1n) is 5.13. The number of hydrogen-bond acceptors (Lipinski definition) is 5. The molecule has 0 aliphatic carbocycles. The lowest BCUT2D eigenvalue weighted by atomic mass is 10.1. The highest BCUT2D eigenvalue weighted by atomic mass is 35.5. The molecule has 3 heterocycles. The van der Waals surface area contributed by atoms with E-state index in [2.05, 4.69) is 15.5 Å². The van der Waals surface area contributed by atoms with Gasteiger partial charge in [0.25, 0.3) is 0 Å². The number of nitrogens with one attached hydrogen (secondary N) is 1. The molecule has 3 rings (SSSR count). The molecule has 1 N–H and O–H groups in total. The summed E-state index contributed by atoms with van der Waals surface area (Å²) in [6.07, 6.45) is 1.03. The van der Waals surface area contributed by atoms with Gasteiger partial charge in [0.1, 0.15) is 0 Å². The van der Waals surface area contributed by atoms with Gasteiger partial charge >= 0.3 is 0 Å². The third-order valence-electron chi connectivity index (χ3n) is 2.64. The van der Waals surface area contributed by atoms with E-state index in [4.69, 9.17) is 20.5 Å². The second-order valence-corrected chi connectivity index (χ2v) is 4.12. The van der Waals surface area contributed by atoms with Crippen molar-refractivity contribution < 1.29 is 8.94 Å². The number of furan rings is 1. The summed E-state index contributed by atoms with van der Waals surface area (Å²) in [6.45, 7) is 1.88. The minimum Gasteiger partial charge on any atom is -0.441 e. The molecule has 1 aliphatic heterocycles. The molecule has 0 spiro atoms. The molecule has 1 saturated heterocycles. The summed E-state index contributed by atoms with van der Waals surface area (Å²) in [6, 6.07) is 3.38. The van der Waals surface area contributed by atoms with Crippen LogP contribution in [0.3, 0.4) is 0 Å². The Kier molecular flexibility index (Phi) is 2.41. The first-order valence-corrected chi connectivity index (χ1v) is 5.51. The molecule has 84 valence electrons. The smallest absolute Gasteiger partial charge is 0.238 e. The van der Waals surface area contributed by atoms with E-state index in [0.29, 0.717) is 28.6 Å². The van der Waals surface area contributed by atoms with E-state index in [1.54, 1.807) is 12.1 Å². The van der Waals surface area contributed by atoms with E-state index in [9.17, 15) is 0 Å². The number of halogens is 1. The molecule has 2 aromatic rings. The van der Waals surface area contributed by atoms with Crippen molar-refractivity contribution in [2.75, 3.05) is 13.1 Å². The largest absolute Gasteiger partial charge is 0.441 e. The molecule has 1 atom stereocenters. The molecule has 1 fully saturated rings. The number of aromatic nitrogens is 2. The summed E-state index contributed by atoms with van der Waals surface area (Å²) in [7, 11) is 0. The molecule has 5 nitrogen and oxygen atoms in total. The zero-order chi connectivity index (χ0) is 11.0. The fourth-order valence-electron chi connectivity index (χ4n) is 1.80.